The van der Waals surface area contributed by atoms with Gasteiger partial charge in [0.15, 0.2) is 5.82 Å². The third-order valence-corrected chi connectivity index (χ3v) is 4.42. The molecule has 2 aliphatic heterocycles. The van der Waals surface area contributed by atoms with Crippen molar-refractivity contribution < 1.29 is 15.0 Å². The molecule has 0 atom stereocenters. The molecule has 0 saturated carbocycles. The summed E-state index contributed by atoms with van der Waals surface area (Å²) in [6.45, 7) is 2.97. The van der Waals surface area contributed by atoms with Crippen molar-refractivity contribution in [2.45, 2.75) is 18.8 Å². The summed E-state index contributed by atoms with van der Waals surface area (Å²) in [7, 11) is 0. The molecule has 2 saturated heterocycles. The average Bonchev–Trinajstić information content (AvgIpc) is 2.46. The van der Waals surface area contributed by atoms with Crippen LogP contribution in [-0.4, -0.2) is 64.0 Å². The van der Waals surface area contributed by atoms with Gasteiger partial charge in [0.2, 0.25) is 0 Å². The summed E-state index contributed by atoms with van der Waals surface area (Å²) in [5.41, 5.74) is 0.900. The number of amides is 1. The van der Waals surface area contributed by atoms with Gasteiger partial charge in [0.05, 0.1) is 5.69 Å². The summed E-state index contributed by atoms with van der Waals surface area (Å²) >= 11 is 0. The lowest BCUT2D eigenvalue weighted by Crippen LogP contribution is -2.48. The fraction of sp³-hybridized carbons (Fsp3) is 0.643. The Morgan fingerprint density at radius 3 is 2.52 bits per heavy atom. The number of anilines is 1. The van der Waals surface area contributed by atoms with E-state index in [2.05, 4.69) is 14.9 Å². The SMILES string of the molecule is O=C(O)N1CC(c2nccnc2N2CCC(CO)CC2)C1. The summed E-state index contributed by atoms with van der Waals surface area (Å²) in [6, 6.07) is 0. The summed E-state index contributed by atoms with van der Waals surface area (Å²) < 4.78 is 0. The summed E-state index contributed by atoms with van der Waals surface area (Å²) in [6.07, 6.45) is 4.39. The Morgan fingerprint density at radius 2 is 1.90 bits per heavy atom. The van der Waals surface area contributed by atoms with Crippen LogP contribution in [0.15, 0.2) is 12.4 Å². The number of likely N-dealkylation sites (tertiary alicyclic amines) is 1. The van der Waals surface area contributed by atoms with Gasteiger partial charge >= 0.3 is 6.09 Å². The molecular weight excluding hydrogens is 272 g/mol. The number of carbonyl (C=O) groups is 1. The standard InChI is InChI=1S/C14H20N4O3/c19-9-10-1-5-17(6-2-10)13-12(15-3-4-16-13)11-7-18(8-11)14(20)21/h3-4,10-11,19H,1-2,5-9H2,(H,20,21). The van der Waals surface area contributed by atoms with E-state index in [1.54, 1.807) is 12.4 Å². The lowest BCUT2D eigenvalue weighted by Gasteiger charge is -2.39. The van der Waals surface area contributed by atoms with Crippen LogP contribution in [0.4, 0.5) is 10.6 Å². The molecule has 0 aliphatic carbocycles. The van der Waals surface area contributed by atoms with E-state index < -0.39 is 6.09 Å². The quantitative estimate of drug-likeness (QED) is 0.855. The van der Waals surface area contributed by atoms with Gasteiger partial charge in [-0.1, -0.05) is 0 Å². The monoisotopic (exact) mass is 292 g/mol. The highest BCUT2D eigenvalue weighted by Gasteiger charge is 2.35. The number of aliphatic hydroxyl groups is 1. The van der Waals surface area contributed by atoms with Crippen molar-refractivity contribution in [3.63, 3.8) is 0 Å². The molecule has 0 spiro atoms. The maximum Gasteiger partial charge on any atom is 0.407 e. The minimum absolute atomic E-state index is 0.139. The average molecular weight is 292 g/mol. The molecule has 1 amide bonds. The van der Waals surface area contributed by atoms with Crippen molar-refractivity contribution in [2.24, 2.45) is 5.92 Å². The number of carboxylic acid groups (broad SMARTS) is 1. The second-order valence-corrected chi connectivity index (χ2v) is 5.76. The van der Waals surface area contributed by atoms with Gasteiger partial charge in [-0.15, -0.1) is 0 Å². The molecule has 21 heavy (non-hydrogen) atoms. The minimum Gasteiger partial charge on any atom is -0.465 e. The third kappa shape index (κ3) is 2.78. The number of nitrogens with zero attached hydrogens (tertiary/aromatic N) is 4. The van der Waals surface area contributed by atoms with Crippen LogP contribution in [0, 0.1) is 5.92 Å². The normalized spacial score (nSPS) is 20.4. The maximum absolute atomic E-state index is 10.9. The smallest absolute Gasteiger partial charge is 0.407 e. The first kappa shape index (κ1) is 14.1. The van der Waals surface area contributed by atoms with Gasteiger partial charge in [-0.05, 0) is 18.8 Å². The Hall–Kier alpha value is -1.89. The van der Waals surface area contributed by atoms with E-state index >= 15 is 0 Å². The minimum atomic E-state index is -0.875. The van der Waals surface area contributed by atoms with Crippen LogP contribution in [0.1, 0.15) is 24.5 Å². The van der Waals surface area contributed by atoms with Crippen LogP contribution in [-0.2, 0) is 0 Å². The predicted octanol–water partition coefficient (Wildman–Crippen LogP) is 0.763. The molecule has 0 unspecified atom stereocenters. The van der Waals surface area contributed by atoms with E-state index in [0.717, 1.165) is 37.4 Å². The second-order valence-electron chi connectivity index (χ2n) is 5.76. The van der Waals surface area contributed by atoms with Crippen LogP contribution in [0.5, 0.6) is 0 Å². The number of piperidine rings is 1. The molecule has 0 aromatic carbocycles. The molecule has 0 radical (unpaired) electrons. The first-order valence-corrected chi connectivity index (χ1v) is 7.33. The van der Waals surface area contributed by atoms with E-state index in [1.165, 1.54) is 4.90 Å². The molecule has 2 aliphatic rings. The van der Waals surface area contributed by atoms with Crippen molar-refractivity contribution in [1.82, 2.24) is 14.9 Å². The molecular formula is C14H20N4O3. The first-order chi connectivity index (χ1) is 10.2. The van der Waals surface area contributed by atoms with Gasteiger partial charge in [-0.25, -0.2) is 9.78 Å². The Bertz CT molecular complexity index is 511. The molecule has 1 aromatic rings. The van der Waals surface area contributed by atoms with Crippen molar-refractivity contribution in [3.05, 3.63) is 18.1 Å². The highest BCUT2D eigenvalue weighted by atomic mass is 16.4. The Labute approximate surface area is 123 Å². The molecule has 7 nitrogen and oxygen atoms in total. The Balaban J connectivity index is 1.71. The maximum atomic E-state index is 10.9. The van der Waals surface area contributed by atoms with Crippen LogP contribution in [0.3, 0.4) is 0 Å². The first-order valence-electron chi connectivity index (χ1n) is 7.33. The molecule has 2 fully saturated rings. The Kier molecular flexibility index (Phi) is 3.92. The van der Waals surface area contributed by atoms with Gasteiger partial charge in [0, 0.05) is 51.1 Å². The van der Waals surface area contributed by atoms with E-state index in [4.69, 9.17) is 5.11 Å². The highest BCUT2D eigenvalue weighted by molar-refractivity contribution is 5.67. The van der Waals surface area contributed by atoms with Crippen molar-refractivity contribution in [2.75, 3.05) is 37.7 Å². The van der Waals surface area contributed by atoms with Crippen molar-refractivity contribution >= 4 is 11.9 Å². The fourth-order valence-corrected chi connectivity index (χ4v) is 3.01. The van der Waals surface area contributed by atoms with Gasteiger partial charge in [-0.2, -0.15) is 0 Å². The fourth-order valence-electron chi connectivity index (χ4n) is 3.01. The van der Waals surface area contributed by atoms with Gasteiger partial charge < -0.3 is 20.0 Å². The topological polar surface area (TPSA) is 89.8 Å². The predicted molar refractivity (Wildman–Crippen MR) is 76.4 cm³/mol. The molecule has 7 heteroatoms. The van der Waals surface area contributed by atoms with Crippen LogP contribution in [0.2, 0.25) is 0 Å². The zero-order valence-corrected chi connectivity index (χ0v) is 11.9. The number of hydrogen-bond acceptors (Lipinski definition) is 5. The van der Waals surface area contributed by atoms with E-state index in [1.807, 2.05) is 0 Å². The molecule has 0 bridgehead atoms. The number of aromatic nitrogens is 2. The zero-order chi connectivity index (χ0) is 14.8. The molecule has 1 aromatic heterocycles. The van der Waals surface area contributed by atoms with Crippen molar-refractivity contribution in [3.8, 4) is 0 Å². The summed E-state index contributed by atoms with van der Waals surface area (Å²) in [5.74, 6) is 1.40. The number of rotatable bonds is 3. The molecule has 2 N–H and O–H groups in total. The van der Waals surface area contributed by atoms with Gasteiger partial charge in [0.1, 0.15) is 0 Å². The molecule has 114 valence electrons. The number of hydrogen-bond donors (Lipinski definition) is 2. The van der Waals surface area contributed by atoms with E-state index in [9.17, 15) is 9.90 Å². The van der Waals surface area contributed by atoms with Gasteiger partial charge in [-0.3, -0.25) is 4.98 Å². The van der Waals surface area contributed by atoms with Crippen molar-refractivity contribution in [1.29, 1.82) is 0 Å². The highest BCUT2D eigenvalue weighted by Crippen LogP contribution is 2.32. The van der Waals surface area contributed by atoms with E-state index in [0.29, 0.717) is 19.0 Å². The Morgan fingerprint density at radius 1 is 1.24 bits per heavy atom. The van der Waals surface area contributed by atoms with Crippen LogP contribution < -0.4 is 4.90 Å². The largest absolute Gasteiger partial charge is 0.465 e. The van der Waals surface area contributed by atoms with Gasteiger partial charge in [0.25, 0.3) is 0 Å². The number of aliphatic hydroxyl groups excluding tert-OH is 1. The second kappa shape index (κ2) is 5.85. The van der Waals surface area contributed by atoms with Crippen LogP contribution in [0.25, 0.3) is 0 Å². The lowest BCUT2D eigenvalue weighted by molar-refractivity contribution is 0.104. The third-order valence-electron chi connectivity index (χ3n) is 4.42. The van der Waals surface area contributed by atoms with E-state index in [-0.39, 0.29) is 12.5 Å². The summed E-state index contributed by atoms with van der Waals surface area (Å²) in [4.78, 5) is 23.4. The molecule has 3 rings (SSSR count). The van der Waals surface area contributed by atoms with Crippen LogP contribution >= 0.6 is 0 Å². The summed E-state index contributed by atoms with van der Waals surface area (Å²) in [5, 5.41) is 18.1. The lowest BCUT2D eigenvalue weighted by atomic mass is 9.94. The molecule has 3 heterocycles. The zero-order valence-electron chi connectivity index (χ0n) is 11.9.